The molecule has 1 fully saturated rings. The van der Waals surface area contributed by atoms with Crippen molar-refractivity contribution in [3.63, 3.8) is 0 Å². The number of rotatable bonds is 10. The Balaban J connectivity index is 1.98. The molecule has 1 aliphatic heterocycles. The summed E-state index contributed by atoms with van der Waals surface area (Å²) in [7, 11) is 1.70. The molecule has 2 rings (SSSR count). The maximum absolute atomic E-state index is 6.27. The minimum Gasteiger partial charge on any atom is -0.497 e. The Morgan fingerprint density at radius 2 is 1.58 bits per heavy atom. The van der Waals surface area contributed by atoms with Gasteiger partial charge in [0.05, 0.1) is 19.3 Å². The van der Waals surface area contributed by atoms with Crippen molar-refractivity contribution in [2.45, 2.75) is 90.1 Å². The molecule has 24 heavy (non-hydrogen) atoms. The minimum atomic E-state index is -0.0518. The third-order valence-electron chi connectivity index (χ3n) is 4.80. The van der Waals surface area contributed by atoms with Crippen molar-refractivity contribution < 1.29 is 14.2 Å². The fourth-order valence-corrected chi connectivity index (χ4v) is 3.32. The van der Waals surface area contributed by atoms with E-state index in [9.17, 15) is 0 Å². The summed E-state index contributed by atoms with van der Waals surface area (Å²) in [5.74, 6) is 0.893. The summed E-state index contributed by atoms with van der Waals surface area (Å²) < 4.78 is 17.8. The van der Waals surface area contributed by atoms with Crippen LogP contribution in [0.15, 0.2) is 24.3 Å². The standard InChI is InChI=1S/C21H34O3/c1-4-6-8-10-19-16-20(17-12-14-18(22-3)15-13-17)24-21(23-19)11-9-7-5-2/h12-15,19-21H,4-11,16H2,1-3H3/t19-,20-,21-/m1/s1. The highest BCUT2D eigenvalue weighted by Gasteiger charge is 2.30. The van der Waals surface area contributed by atoms with E-state index in [1.807, 2.05) is 12.1 Å². The first-order valence-electron chi connectivity index (χ1n) is 9.71. The lowest BCUT2D eigenvalue weighted by Crippen LogP contribution is -2.34. The Kier molecular flexibility index (Phi) is 8.62. The Hall–Kier alpha value is -1.06. The van der Waals surface area contributed by atoms with Crippen molar-refractivity contribution in [1.82, 2.24) is 0 Å². The maximum atomic E-state index is 6.27. The molecule has 0 spiro atoms. The van der Waals surface area contributed by atoms with Gasteiger partial charge in [-0.2, -0.15) is 0 Å². The second kappa shape index (κ2) is 10.7. The molecule has 0 saturated carbocycles. The molecule has 0 unspecified atom stereocenters. The molecule has 0 bridgehead atoms. The van der Waals surface area contributed by atoms with Gasteiger partial charge in [-0.05, 0) is 37.0 Å². The lowest BCUT2D eigenvalue weighted by atomic mass is 9.98. The van der Waals surface area contributed by atoms with E-state index in [0.717, 1.165) is 25.0 Å². The molecule has 3 nitrogen and oxygen atoms in total. The largest absolute Gasteiger partial charge is 0.497 e. The molecule has 1 aliphatic rings. The predicted octanol–water partition coefficient (Wildman–Crippen LogP) is 6.03. The lowest BCUT2D eigenvalue weighted by molar-refractivity contribution is -0.249. The third-order valence-corrected chi connectivity index (χ3v) is 4.80. The van der Waals surface area contributed by atoms with E-state index in [2.05, 4.69) is 26.0 Å². The van der Waals surface area contributed by atoms with E-state index in [1.54, 1.807) is 7.11 Å². The second-order valence-corrected chi connectivity index (χ2v) is 6.81. The molecular formula is C21H34O3. The second-order valence-electron chi connectivity index (χ2n) is 6.81. The van der Waals surface area contributed by atoms with Gasteiger partial charge in [-0.3, -0.25) is 0 Å². The minimum absolute atomic E-state index is 0.0518. The van der Waals surface area contributed by atoms with Crippen molar-refractivity contribution in [3.05, 3.63) is 29.8 Å². The summed E-state index contributed by atoms with van der Waals surface area (Å²) in [4.78, 5) is 0. The molecule has 1 aromatic rings. The van der Waals surface area contributed by atoms with Crippen LogP contribution in [0.1, 0.15) is 83.3 Å². The molecule has 1 heterocycles. The smallest absolute Gasteiger partial charge is 0.158 e. The van der Waals surface area contributed by atoms with Crippen LogP contribution in [0.3, 0.4) is 0 Å². The highest BCUT2D eigenvalue weighted by atomic mass is 16.7. The van der Waals surface area contributed by atoms with Gasteiger partial charge in [-0.25, -0.2) is 0 Å². The van der Waals surface area contributed by atoms with Gasteiger partial charge in [0, 0.05) is 6.42 Å². The number of benzene rings is 1. The van der Waals surface area contributed by atoms with Gasteiger partial charge < -0.3 is 14.2 Å². The molecule has 136 valence electrons. The van der Waals surface area contributed by atoms with Crippen LogP contribution in [-0.4, -0.2) is 19.5 Å². The fourth-order valence-electron chi connectivity index (χ4n) is 3.32. The first-order valence-corrected chi connectivity index (χ1v) is 9.71. The zero-order valence-corrected chi connectivity index (χ0v) is 15.6. The van der Waals surface area contributed by atoms with E-state index < -0.39 is 0 Å². The zero-order valence-electron chi connectivity index (χ0n) is 15.6. The average Bonchev–Trinajstić information content (AvgIpc) is 2.62. The van der Waals surface area contributed by atoms with Gasteiger partial charge >= 0.3 is 0 Å². The summed E-state index contributed by atoms with van der Waals surface area (Å²) in [6, 6.07) is 8.29. The van der Waals surface area contributed by atoms with Crippen LogP contribution in [0.2, 0.25) is 0 Å². The molecule has 1 aromatic carbocycles. The number of ether oxygens (including phenoxy) is 3. The molecular weight excluding hydrogens is 300 g/mol. The molecule has 0 aliphatic carbocycles. The highest BCUT2D eigenvalue weighted by Crippen LogP contribution is 2.35. The van der Waals surface area contributed by atoms with E-state index >= 15 is 0 Å². The van der Waals surface area contributed by atoms with Crippen molar-refractivity contribution in [3.8, 4) is 5.75 Å². The molecule has 0 aromatic heterocycles. The van der Waals surface area contributed by atoms with Crippen molar-refractivity contribution in [1.29, 1.82) is 0 Å². The average molecular weight is 335 g/mol. The molecule has 0 N–H and O–H groups in total. The summed E-state index contributed by atoms with van der Waals surface area (Å²) in [5, 5.41) is 0. The van der Waals surface area contributed by atoms with Crippen LogP contribution in [0, 0.1) is 0 Å². The number of hydrogen-bond donors (Lipinski definition) is 0. The van der Waals surface area contributed by atoms with Crippen LogP contribution < -0.4 is 4.74 Å². The quantitative estimate of drug-likeness (QED) is 0.489. The fraction of sp³-hybridized carbons (Fsp3) is 0.714. The van der Waals surface area contributed by atoms with E-state index in [0.29, 0.717) is 6.10 Å². The van der Waals surface area contributed by atoms with E-state index in [-0.39, 0.29) is 12.4 Å². The molecule has 0 radical (unpaired) electrons. The topological polar surface area (TPSA) is 27.7 Å². The van der Waals surface area contributed by atoms with Gasteiger partial charge in [0.1, 0.15) is 5.75 Å². The zero-order chi connectivity index (χ0) is 17.2. The van der Waals surface area contributed by atoms with Crippen LogP contribution in [0.5, 0.6) is 5.75 Å². The summed E-state index contributed by atoms with van der Waals surface area (Å²) in [6.07, 6.45) is 11.0. The monoisotopic (exact) mass is 334 g/mol. The predicted molar refractivity (Wildman–Crippen MR) is 98.4 cm³/mol. The van der Waals surface area contributed by atoms with Crippen molar-refractivity contribution >= 4 is 0 Å². The summed E-state index contributed by atoms with van der Waals surface area (Å²) in [5.41, 5.74) is 1.24. The molecule has 1 saturated heterocycles. The normalized spacial score (nSPS) is 24.0. The molecule has 3 heteroatoms. The Morgan fingerprint density at radius 3 is 2.21 bits per heavy atom. The van der Waals surface area contributed by atoms with Gasteiger partial charge in [0.25, 0.3) is 0 Å². The van der Waals surface area contributed by atoms with Crippen LogP contribution in [-0.2, 0) is 9.47 Å². The Labute approximate surface area is 147 Å². The lowest BCUT2D eigenvalue weighted by Gasteiger charge is -2.36. The molecule has 3 atom stereocenters. The van der Waals surface area contributed by atoms with Gasteiger partial charge in [-0.1, -0.05) is 58.1 Å². The van der Waals surface area contributed by atoms with E-state index in [1.165, 1.54) is 44.1 Å². The third kappa shape index (κ3) is 6.10. The first kappa shape index (κ1) is 19.3. The Bertz CT molecular complexity index is 425. The SMILES string of the molecule is CCCCC[C@@H]1C[C@H](c2ccc(OC)cc2)O[C@H](CCCCC)O1. The van der Waals surface area contributed by atoms with E-state index in [4.69, 9.17) is 14.2 Å². The number of unbranched alkanes of at least 4 members (excludes halogenated alkanes) is 4. The van der Waals surface area contributed by atoms with Gasteiger partial charge in [-0.15, -0.1) is 0 Å². The molecule has 0 amide bonds. The number of methoxy groups -OCH3 is 1. The highest BCUT2D eigenvalue weighted by molar-refractivity contribution is 5.28. The van der Waals surface area contributed by atoms with Crippen molar-refractivity contribution in [2.24, 2.45) is 0 Å². The summed E-state index contributed by atoms with van der Waals surface area (Å²) in [6.45, 7) is 4.48. The van der Waals surface area contributed by atoms with Crippen molar-refractivity contribution in [2.75, 3.05) is 7.11 Å². The number of hydrogen-bond acceptors (Lipinski definition) is 3. The van der Waals surface area contributed by atoms with Crippen LogP contribution in [0.25, 0.3) is 0 Å². The Morgan fingerprint density at radius 1 is 0.917 bits per heavy atom. The van der Waals surface area contributed by atoms with Gasteiger partial charge in [0.2, 0.25) is 0 Å². The first-order chi connectivity index (χ1) is 11.8. The van der Waals surface area contributed by atoms with Crippen LogP contribution >= 0.6 is 0 Å². The summed E-state index contributed by atoms with van der Waals surface area (Å²) >= 11 is 0. The van der Waals surface area contributed by atoms with Crippen LogP contribution in [0.4, 0.5) is 0 Å². The maximum Gasteiger partial charge on any atom is 0.158 e. The van der Waals surface area contributed by atoms with Gasteiger partial charge in [0.15, 0.2) is 6.29 Å².